The molecule has 2 aromatic heterocycles. The Hall–Kier alpha value is -1.76. The highest BCUT2D eigenvalue weighted by molar-refractivity contribution is 7.10. The number of pyridine rings is 1. The molecule has 128 valence electrons. The maximum Gasteiger partial charge on any atom is 0.308 e. The summed E-state index contributed by atoms with van der Waals surface area (Å²) < 4.78 is 0. The van der Waals surface area contributed by atoms with Gasteiger partial charge in [0.25, 0.3) is 0 Å². The molecule has 0 spiro atoms. The van der Waals surface area contributed by atoms with Gasteiger partial charge in [-0.2, -0.15) is 0 Å². The third-order valence-corrected chi connectivity index (χ3v) is 5.34. The number of likely N-dealkylation sites (tertiary alicyclic amines) is 1. The summed E-state index contributed by atoms with van der Waals surface area (Å²) >= 11 is 1.75. The average molecular weight is 345 g/mol. The van der Waals surface area contributed by atoms with Crippen LogP contribution in [0.1, 0.15) is 22.1 Å². The van der Waals surface area contributed by atoms with Gasteiger partial charge in [-0.1, -0.05) is 6.07 Å². The fourth-order valence-corrected chi connectivity index (χ4v) is 4.26. The molecule has 1 N–H and O–H groups in total. The molecular formula is C18H23N3O2S. The van der Waals surface area contributed by atoms with Crippen molar-refractivity contribution in [3.8, 4) is 0 Å². The minimum atomic E-state index is -0.729. The van der Waals surface area contributed by atoms with Gasteiger partial charge >= 0.3 is 5.97 Å². The number of aromatic nitrogens is 1. The van der Waals surface area contributed by atoms with E-state index in [0.717, 1.165) is 25.3 Å². The van der Waals surface area contributed by atoms with Crippen molar-refractivity contribution in [2.24, 2.45) is 5.92 Å². The van der Waals surface area contributed by atoms with E-state index in [9.17, 15) is 9.90 Å². The Labute approximate surface area is 146 Å². The van der Waals surface area contributed by atoms with Gasteiger partial charge in [0.2, 0.25) is 0 Å². The van der Waals surface area contributed by atoms with E-state index in [4.69, 9.17) is 0 Å². The zero-order valence-electron chi connectivity index (χ0n) is 14.1. The fraction of sp³-hybridized carbons (Fsp3) is 0.444. The van der Waals surface area contributed by atoms with Crippen molar-refractivity contribution in [2.45, 2.75) is 19.0 Å². The smallest absolute Gasteiger partial charge is 0.308 e. The van der Waals surface area contributed by atoms with Gasteiger partial charge in [-0.3, -0.25) is 14.7 Å². The van der Waals surface area contributed by atoms with Crippen LogP contribution in [0.2, 0.25) is 0 Å². The Morgan fingerprint density at radius 2 is 2.25 bits per heavy atom. The predicted molar refractivity (Wildman–Crippen MR) is 95.1 cm³/mol. The first kappa shape index (κ1) is 17.1. The number of hydrogen-bond donors (Lipinski definition) is 1. The van der Waals surface area contributed by atoms with E-state index in [0.29, 0.717) is 6.54 Å². The van der Waals surface area contributed by atoms with E-state index in [1.807, 2.05) is 18.2 Å². The number of carbonyl (C=O) groups is 1. The molecule has 1 fully saturated rings. The van der Waals surface area contributed by atoms with E-state index in [2.05, 4.69) is 40.3 Å². The molecule has 0 aliphatic carbocycles. The highest BCUT2D eigenvalue weighted by Gasteiger charge is 2.39. The Morgan fingerprint density at radius 1 is 1.42 bits per heavy atom. The van der Waals surface area contributed by atoms with Crippen LogP contribution in [0, 0.1) is 5.92 Å². The first-order valence-corrected chi connectivity index (χ1v) is 8.98. The number of carboxylic acids is 1. The Kier molecular flexibility index (Phi) is 5.28. The van der Waals surface area contributed by atoms with Crippen LogP contribution in [0.4, 0.5) is 0 Å². The van der Waals surface area contributed by atoms with E-state index in [1.165, 1.54) is 10.4 Å². The third-order valence-electron chi connectivity index (χ3n) is 4.37. The molecule has 1 saturated heterocycles. The van der Waals surface area contributed by atoms with Crippen molar-refractivity contribution in [3.63, 3.8) is 0 Å². The third kappa shape index (κ3) is 4.01. The molecule has 0 aromatic carbocycles. The highest BCUT2D eigenvalue weighted by Crippen LogP contribution is 2.33. The van der Waals surface area contributed by atoms with Gasteiger partial charge in [-0.15, -0.1) is 11.3 Å². The summed E-state index contributed by atoms with van der Waals surface area (Å²) in [5.41, 5.74) is 2.20. The second-order valence-electron chi connectivity index (χ2n) is 6.66. The Bertz CT molecular complexity index is 687. The van der Waals surface area contributed by atoms with Gasteiger partial charge in [0.05, 0.1) is 5.92 Å². The predicted octanol–water partition coefficient (Wildman–Crippen LogP) is 2.50. The zero-order valence-corrected chi connectivity index (χ0v) is 14.9. The molecule has 0 amide bonds. The molecule has 2 aromatic rings. The van der Waals surface area contributed by atoms with Crippen LogP contribution >= 0.6 is 11.3 Å². The van der Waals surface area contributed by atoms with Crippen LogP contribution in [0.25, 0.3) is 0 Å². The summed E-state index contributed by atoms with van der Waals surface area (Å²) in [5.74, 6) is -1.15. The summed E-state index contributed by atoms with van der Waals surface area (Å²) in [6.45, 7) is 3.07. The summed E-state index contributed by atoms with van der Waals surface area (Å²) in [6.07, 6.45) is 1.74. The highest BCUT2D eigenvalue weighted by atomic mass is 32.1. The molecule has 0 bridgehead atoms. The lowest BCUT2D eigenvalue weighted by Crippen LogP contribution is -2.23. The molecule has 0 radical (unpaired) electrons. The Morgan fingerprint density at radius 3 is 2.92 bits per heavy atom. The molecule has 6 heteroatoms. The van der Waals surface area contributed by atoms with Gasteiger partial charge < -0.3 is 10.0 Å². The Balaban J connectivity index is 1.69. The van der Waals surface area contributed by atoms with Crippen molar-refractivity contribution >= 4 is 17.3 Å². The van der Waals surface area contributed by atoms with Crippen LogP contribution in [0.15, 0.2) is 35.8 Å². The summed E-state index contributed by atoms with van der Waals surface area (Å²) in [5, 5.41) is 11.8. The topological polar surface area (TPSA) is 56.7 Å². The van der Waals surface area contributed by atoms with Crippen LogP contribution in [-0.4, -0.2) is 53.0 Å². The van der Waals surface area contributed by atoms with E-state index >= 15 is 0 Å². The summed E-state index contributed by atoms with van der Waals surface area (Å²) in [7, 11) is 4.12. The number of nitrogens with zero attached hydrogens (tertiary/aromatic N) is 3. The first-order valence-electron chi connectivity index (χ1n) is 8.10. The molecular weight excluding hydrogens is 322 g/mol. The molecule has 3 rings (SSSR count). The standard InChI is InChI=1S/C18H23N3O2S/c1-20(2)8-13-7-14(24-12-13)9-21-10-15(16(11-21)18(22)23)17-5-3-4-6-19-17/h3-7,12,15-16H,8-11H2,1-2H3,(H,22,23)/t15-,16-/m1/s1. The van der Waals surface area contributed by atoms with Crippen molar-refractivity contribution in [1.29, 1.82) is 0 Å². The number of thiophene rings is 1. The van der Waals surface area contributed by atoms with Crippen molar-refractivity contribution in [1.82, 2.24) is 14.8 Å². The number of aliphatic carboxylic acids is 1. The second-order valence-corrected chi connectivity index (χ2v) is 7.65. The maximum absolute atomic E-state index is 11.7. The summed E-state index contributed by atoms with van der Waals surface area (Å²) in [6, 6.07) is 7.96. The van der Waals surface area contributed by atoms with Gasteiger partial charge in [0.1, 0.15) is 0 Å². The molecule has 0 unspecified atom stereocenters. The van der Waals surface area contributed by atoms with E-state index < -0.39 is 5.97 Å². The second kappa shape index (κ2) is 7.42. The minimum absolute atomic E-state index is 0.0371. The van der Waals surface area contributed by atoms with Gasteiger partial charge in [-0.25, -0.2) is 0 Å². The molecule has 2 atom stereocenters. The maximum atomic E-state index is 11.7. The van der Waals surface area contributed by atoms with Gasteiger partial charge in [0.15, 0.2) is 0 Å². The molecule has 1 aliphatic rings. The number of hydrogen-bond acceptors (Lipinski definition) is 5. The molecule has 1 aliphatic heterocycles. The van der Waals surface area contributed by atoms with E-state index in [-0.39, 0.29) is 11.8 Å². The van der Waals surface area contributed by atoms with E-state index in [1.54, 1.807) is 17.5 Å². The molecule has 0 saturated carbocycles. The van der Waals surface area contributed by atoms with Gasteiger partial charge in [0, 0.05) is 48.9 Å². The number of rotatable bonds is 6. The quantitative estimate of drug-likeness (QED) is 0.872. The molecule has 5 nitrogen and oxygen atoms in total. The van der Waals surface area contributed by atoms with Crippen LogP contribution in [0.5, 0.6) is 0 Å². The minimum Gasteiger partial charge on any atom is -0.481 e. The zero-order chi connectivity index (χ0) is 17.1. The lowest BCUT2D eigenvalue weighted by Gasteiger charge is -2.14. The fourth-order valence-electron chi connectivity index (χ4n) is 3.34. The largest absolute Gasteiger partial charge is 0.481 e. The molecule has 3 heterocycles. The van der Waals surface area contributed by atoms with Crippen molar-refractivity contribution in [3.05, 3.63) is 52.0 Å². The van der Waals surface area contributed by atoms with Crippen molar-refractivity contribution < 1.29 is 9.90 Å². The van der Waals surface area contributed by atoms with Crippen LogP contribution in [0.3, 0.4) is 0 Å². The average Bonchev–Trinajstić information content (AvgIpc) is 3.15. The van der Waals surface area contributed by atoms with Crippen molar-refractivity contribution in [2.75, 3.05) is 27.2 Å². The normalized spacial score (nSPS) is 21.5. The van der Waals surface area contributed by atoms with Crippen LogP contribution < -0.4 is 0 Å². The number of carboxylic acid groups (broad SMARTS) is 1. The molecule has 24 heavy (non-hydrogen) atoms. The van der Waals surface area contributed by atoms with Gasteiger partial charge in [-0.05, 0) is 43.2 Å². The lowest BCUT2D eigenvalue weighted by molar-refractivity contribution is -0.141. The SMILES string of the molecule is CN(C)Cc1csc(CN2C[C@@H](C(=O)O)[C@H](c3ccccn3)C2)c1. The lowest BCUT2D eigenvalue weighted by atomic mass is 9.93. The van der Waals surface area contributed by atoms with Crippen LogP contribution in [-0.2, 0) is 17.9 Å². The first-order chi connectivity index (χ1) is 11.5. The monoisotopic (exact) mass is 345 g/mol. The summed E-state index contributed by atoms with van der Waals surface area (Å²) in [4.78, 5) is 21.7.